The van der Waals surface area contributed by atoms with Gasteiger partial charge in [0.05, 0.1) is 24.5 Å². The summed E-state index contributed by atoms with van der Waals surface area (Å²) in [6.45, 7) is 3.68. The highest BCUT2D eigenvalue weighted by atomic mass is 35.5. The van der Waals surface area contributed by atoms with Crippen LogP contribution in [0.3, 0.4) is 0 Å². The van der Waals surface area contributed by atoms with Crippen LogP contribution < -0.4 is 10.9 Å². The van der Waals surface area contributed by atoms with Gasteiger partial charge in [-0.1, -0.05) is 30.7 Å². The van der Waals surface area contributed by atoms with Crippen molar-refractivity contribution < 1.29 is 14.3 Å². The number of ether oxygens (including phenoxy) is 1. The Hall–Kier alpha value is -3.50. The molecule has 0 aliphatic heterocycles. The third-order valence-electron chi connectivity index (χ3n) is 5.38. The van der Waals surface area contributed by atoms with Gasteiger partial charge in [0.15, 0.2) is 0 Å². The van der Waals surface area contributed by atoms with E-state index in [0.29, 0.717) is 21.7 Å². The molecule has 34 heavy (non-hydrogen) atoms. The van der Waals surface area contributed by atoms with Gasteiger partial charge in [0.2, 0.25) is 5.91 Å². The molecule has 0 fully saturated rings. The first-order valence-corrected chi connectivity index (χ1v) is 11.9. The van der Waals surface area contributed by atoms with Crippen molar-refractivity contribution in [3.05, 3.63) is 63.1 Å². The molecule has 9 nitrogen and oxygen atoms in total. The van der Waals surface area contributed by atoms with Crippen molar-refractivity contribution in [2.75, 3.05) is 11.9 Å². The van der Waals surface area contributed by atoms with E-state index in [9.17, 15) is 14.4 Å². The number of carbonyl (C=O) groups is 2. The van der Waals surface area contributed by atoms with Gasteiger partial charge in [0.25, 0.3) is 5.56 Å². The number of rotatable bonds is 7. The maximum Gasteiger partial charge on any atom is 0.343 e. The molecule has 0 saturated carbocycles. The minimum absolute atomic E-state index is 0.135. The topological polar surface area (TPSA) is 108 Å². The molecule has 1 aromatic carbocycles. The number of nitrogens with zero attached hydrogens (tertiary/aromatic N) is 4. The van der Waals surface area contributed by atoms with Crippen LogP contribution in [0.4, 0.5) is 5.82 Å². The maximum absolute atomic E-state index is 13.5. The molecule has 1 atom stereocenters. The van der Waals surface area contributed by atoms with Gasteiger partial charge in [-0.3, -0.25) is 18.8 Å². The summed E-state index contributed by atoms with van der Waals surface area (Å²) in [7, 11) is 1.60. The van der Waals surface area contributed by atoms with E-state index < -0.39 is 17.9 Å². The minimum Gasteiger partial charge on any atom is -0.462 e. The van der Waals surface area contributed by atoms with Crippen LogP contribution in [0.2, 0.25) is 5.02 Å². The van der Waals surface area contributed by atoms with Crippen LogP contribution >= 0.6 is 22.9 Å². The van der Waals surface area contributed by atoms with Crippen molar-refractivity contribution in [3.8, 4) is 11.1 Å². The molecule has 3 heterocycles. The standard InChI is InChI=1S/C23H22ClN5O4S/c1-4-17(20(30)27-19-15(10-26-28(19)3)23(32)33-5-2)29-12-25-21-18(22(29)31)16(11-34-21)13-6-8-14(24)9-7-13/h6-12,17H,4-5H2,1-3H3,(H,27,30). The first-order valence-electron chi connectivity index (χ1n) is 10.6. The predicted molar refractivity (Wildman–Crippen MR) is 131 cm³/mol. The Balaban J connectivity index is 1.72. The lowest BCUT2D eigenvalue weighted by Crippen LogP contribution is -2.34. The van der Waals surface area contributed by atoms with Gasteiger partial charge in [0.1, 0.15) is 22.3 Å². The number of thiophene rings is 1. The normalized spacial score (nSPS) is 12.0. The maximum atomic E-state index is 13.5. The zero-order valence-corrected chi connectivity index (χ0v) is 20.3. The molecule has 0 saturated heterocycles. The molecule has 3 aromatic heterocycles. The van der Waals surface area contributed by atoms with Crippen molar-refractivity contribution in [1.29, 1.82) is 0 Å². The zero-order valence-electron chi connectivity index (χ0n) is 18.7. The Morgan fingerprint density at radius 1 is 1.24 bits per heavy atom. The molecule has 0 radical (unpaired) electrons. The Labute approximate surface area is 203 Å². The second-order valence-electron chi connectivity index (χ2n) is 7.46. The number of hydrogen-bond acceptors (Lipinski definition) is 7. The third-order valence-corrected chi connectivity index (χ3v) is 6.51. The van der Waals surface area contributed by atoms with Crippen LogP contribution in [0.1, 0.15) is 36.7 Å². The molecule has 1 unspecified atom stereocenters. The number of carbonyl (C=O) groups excluding carboxylic acids is 2. The van der Waals surface area contributed by atoms with E-state index in [2.05, 4.69) is 15.4 Å². The van der Waals surface area contributed by atoms with Gasteiger partial charge in [-0.2, -0.15) is 5.10 Å². The summed E-state index contributed by atoms with van der Waals surface area (Å²) in [5.74, 6) is -0.866. The van der Waals surface area contributed by atoms with Crippen molar-refractivity contribution in [3.63, 3.8) is 0 Å². The molecular formula is C23H22ClN5O4S. The fraction of sp³-hybridized carbons (Fsp3) is 0.261. The minimum atomic E-state index is -0.854. The van der Waals surface area contributed by atoms with Crippen LogP contribution in [0.5, 0.6) is 0 Å². The first kappa shape index (κ1) is 23.7. The summed E-state index contributed by atoms with van der Waals surface area (Å²) >= 11 is 7.36. The number of fused-ring (bicyclic) bond motifs is 1. The van der Waals surface area contributed by atoms with E-state index in [1.165, 1.54) is 33.1 Å². The summed E-state index contributed by atoms with van der Waals surface area (Å²) in [5.41, 5.74) is 1.37. The Bertz CT molecular complexity index is 1420. The number of nitrogens with one attached hydrogen (secondary N) is 1. The lowest BCUT2D eigenvalue weighted by atomic mass is 10.1. The van der Waals surface area contributed by atoms with Crippen molar-refractivity contribution in [1.82, 2.24) is 19.3 Å². The molecule has 0 aliphatic carbocycles. The van der Waals surface area contributed by atoms with Crippen LogP contribution in [-0.2, 0) is 16.6 Å². The molecule has 11 heteroatoms. The highest BCUT2D eigenvalue weighted by Crippen LogP contribution is 2.31. The summed E-state index contributed by atoms with van der Waals surface area (Å²) < 4.78 is 7.74. The second-order valence-corrected chi connectivity index (χ2v) is 8.75. The van der Waals surface area contributed by atoms with Gasteiger partial charge in [0, 0.05) is 23.0 Å². The van der Waals surface area contributed by atoms with Gasteiger partial charge in [-0.05, 0) is 31.0 Å². The zero-order chi connectivity index (χ0) is 24.4. The number of halogens is 1. The number of benzene rings is 1. The fourth-order valence-electron chi connectivity index (χ4n) is 3.66. The third kappa shape index (κ3) is 4.34. The van der Waals surface area contributed by atoms with Crippen molar-refractivity contribution in [2.45, 2.75) is 26.3 Å². The monoisotopic (exact) mass is 499 g/mol. The molecule has 0 spiro atoms. The Morgan fingerprint density at radius 3 is 2.65 bits per heavy atom. The average molecular weight is 500 g/mol. The highest BCUT2D eigenvalue weighted by molar-refractivity contribution is 7.17. The number of esters is 1. The smallest absolute Gasteiger partial charge is 0.343 e. The number of aryl methyl sites for hydroxylation is 1. The molecule has 176 valence electrons. The Kier molecular flexibility index (Phi) is 6.80. The van der Waals surface area contributed by atoms with E-state index in [-0.39, 0.29) is 23.5 Å². The molecule has 4 rings (SSSR count). The molecule has 1 amide bonds. The quantitative estimate of drug-likeness (QED) is 0.380. The number of hydrogen-bond donors (Lipinski definition) is 1. The lowest BCUT2D eigenvalue weighted by molar-refractivity contribution is -0.119. The highest BCUT2D eigenvalue weighted by Gasteiger charge is 2.26. The summed E-state index contributed by atoms with van der Waals surface area (Å²) in [4.78, 5) is 44.0. The van der Waals surface area contributed by atoms with Gasteiger partial charge >= 0.3 is 5.97 Å². The fourth-order valence-corrected chi connectivity index (χ4v) is 4.69. The SMILES string of the molecule is CCOC(=O)c1cnn(C)c1NC(=O)C(CC)n1cnc2scc(-c3ccc(Cl)cc3)c2c1=O. The summed E-state index contributed by atoms with van der Waals surface area (Å²) in [6.07, 6.45) is 3.04. The van der Waals surface area contributed by atoms with E-state index >= 15 is 0 Å². The second kappa shape index (κ2) is 9.78. The molecular weight excluding hydrogens is 478 g/mol. The molecule has 0 bridgehead atoms. The van der Waals surface area contributed by atoms with E-state index in [1.807, 2.05) is 17.5 Å². The van der Waals surface area contributed by atoms with E-state index in [4.69, 9.17) is 16.3 Å². The Morgan fingerprint density at radius 2 is 1.97 bits per heavy atom. The molecule has 0 aliphatic rings. The van der Waals surface area contributed by atoms with Gasteiger partial charge in [-0.25, -0.2) is 9.78 Å². The number of anilines is 1. The van der Waals surface area contributed by atoms with Crippen molar-refractivity contribution in [2.24, 2.45) is 7.05 Å². The van der Waals surface area contributed by atoms with Crippen molar-refractivity contribution >= 4 is 50.8 Å². The molecule has 1 N–H and O–H groups in total. The predicted octanol–water partition coefficient (Wildman–Crippen LogP) is 4.28. The van der Waals surface area contributed by atoms with Crippen LogP contribution in [0.15, 0.2) is 47.0 Å². The number of amides is 1. The lowest BCUT2D eigenvalue weighted by Gasteiger charge is -2.18. The van der Waals surface area contributed by atoms with Gasteiger partial charge in [-0.15, -0.1) is 11.3 Å². The molecule has 4 aromatic rings. The average Bonchev–Trinajstić information content (AvgIpc) is 3.41. The van der Waals surface area contributed by atoms with E-state index in [0.717, 1.165) is 11.1 Å². The van der Waals surface area contributed by atoms with Gasteiger partial charge < -0.3 is 10.1 Å². The van der Waals surface area contributed by atoms with Crippen LogP contribution in [-0.4, -0.2) is 37.8 Å². The van der Waals surface area contributed by atoms with E-state index in [1.54, 1.807) is 33.0 Å². The first-order chi connectivity index (χ1) is 16.3. The largest absolute Gasteiger partial charge is 0.462 e. The van der Waals surface area contributed by atoms with Crippen LogP contribution in [0, 0.1) is 0 Å². The number of aromatic nitrogens is 4. The summed E-state index contributed by atoms with van der Waals surface area (Å²) in [5, 5.41) is 9.68. The summed E-state index contributed by atoms with van der Waals surface area (Å²) in [6, 6.07) is 6.33. The van der Waals surface area contributed by atoms with Crippen LogP contribution in [0.25, 0.3) is 21.3 Å².